The van der Waals surface area contributed by atoms with Crippen molar-refractivity contribution in [2.24, 2.45) is 0 Å². The van der Waals surface area contributed by atoms with Crippen LogP contribution in [0.3, 0.4) is 0 Å². The summed E-state index contributed by atoms with van der Waals surface area (Å²) in [7, 11) is 0. The zero-order valence-corrected chi connectivity index (χ0v) is 9.04. The zero-order valence-electron chi connectivity index (χ0n) is 9.04. The molecule has 0 atom stereocenters. The first-order chi connectivity index (χ1) is 8.27. The fraction of sp³-hybridized carbons (Fsp3) is 0.143. The maximum Gasteiger partial charge on any atom is 0.166 e. The smallest absolute Gasteiger partial charge is 0.166 e. The minimum atomic E-state index is -0.835. The molecule has 0 spiro atoms. The predicted octanol–water partition coefficient (Wildman–Crippen LogP) is 3.57. The van der Waals surface area contributed by atoms with E-state index in [4.69, 9.17) is 4.74 Å². The molecule has 0 unspecified atom stereocenters. The molecule has 0 saturated carbocycles. The van der Waals surface area contributed by atoms with E-state index in [0.717, 1.165) is 18.1 Å². The summed E-state index contributed by atoms with van der Waals surface area (Å²) in [5.41, 5.74) is 1.92. The molecule has 0 radical (unpaired) electrons. The van der Waals surface area contributed by atoms with Crippen molar-refractivity contribution in [1.29, 1.82) is 0 Å². The highest BCUT2D eigenvalue weighted by Crippen LogP contribution is 2.38. The lowest BCUT2D eigenvalue weighted by Crippen LogP contribution is -1.92. The summed E-state index contributed by atoms with van der Waals surface area (Å²) in [6.07, 6.45) is 0.820. The van der Waals surface area contributed by atoms with Gasteiger partial charge in [-0.2, -0.15) is 0 Å². The molecule has 1 nitrogen and oxygen atoms in total. The third kappa shape index (κ3) is 1.58. The Bertz CT molecular complexity index is 578. The van der Waals surface area contributed by atoms with Gasteiger partial charge >= 0.3 is 0 Å². The molecule has 0 fully saturated rings. The lowest BCUT2D eigenvalue weighted by molar-refractivity contribution is 0.358. The van der Waals surface area contributed by atoms with Gasteiger partial charge in [0.2, 0.25) is 0 Å². The normalized spacial score (nSPS) is 13.3. The highest BCUT2D eigenvalue weighted by molar-refractivity contribution is 5.73. The van der Waals surface area contributed by atoms with E-state index in [0.29, 0.717) is 17.9 Å². The molecule has 0 N–H and O–H groups in total. The molecule has 1 aliphatic heterocycles. The van der Waals surface area contributed by atoms with Gasteiger partial charge in [0.1, 0.15) is 5.75 Å². The number of halogens is 2. The molecule has 0 saturated heterocycles. The minimum absolute atomic E-state index is 0.253. The molecule has 17 heavy (non-hydrogen) atoms. The first kappa shape index (κ1) is 10.3. The van der Waals surface area contributed by atoms with Gasteiger partial charge in [-0.05, 0) is 11.6 Å². The molecular formula is C14H10F2O. The maximum absolute atomic E-state index is 13.7. The van der Waals surface area contributed by atoms with Crippen LogP contribution in [0.4, 0.5) is 8.78 Å². The molecule has 3 rings (SSSR count). The third-order valence-corrected chi connectivity index (χ3v) is 2.96. The van der Waals surface area contributed by atoms with E-state index in [9.17, 15) is 8.78 Å². The highest BCUT2D eigenvalue weighted by Gasteiger charge is 2.19. The second kappa shape index (κ2) is 3.84. The Morgan fingerprint density at radius 1 is 0.941 bits per heavy atom. The maximum atomic E-state index is 13.7. The Morgan fingerprint density at radius 2 is 1.71 bits per heavy atom. The number of hydrogen-bond donors (Lipinski definition) is 0. The number of rotatable bonds is 1. The summed E-state index contributed by atoms with van der Waals surface area (Å²) in [5.74, 6) is -0.980. The Kier molecular flexibility index (Phi) is 2.32. The van der Waals surface area contributed by atoms with Gasteiger partial charge in [0.15, 0.2) is 11.6 Å². The predicted molar refractivity (Wildman–Crippen MR) is 61.0 cm³/mol. The SMILES string of the molecule is Fc1cccc(-c2cccc3c2OCC3)c1F. The van der Waals surface area contributed by atoms with Gasteiger partial charge in [-0.15, -0.1) is 0 Å². The Morgan fingerprint density at radius 3 is 2.59 bits per heavy atom. The van der Waals surface area contributed by atoms with Crippen LogP contribution in [0.25, 0.3) is 11.1 Å². The average molecular weight is 232 g/mol. The van der Waals surface area contributed by atoms with Crippen molar-refractivity contribution in [2.75, 3.05) is 6.61 Å². The molecule has 0 bridgehead atoms. The third-order valence-electron chi connectivity index (χ3n) is 2.96. The quantitative estimate of drug-likeness (QED) is 0.730. The lowest BCUT2D eigenvalue weighted by Gasteiger charge is -2.09. The van der Waals surface area contributed by atoms with Crippen LogP contribution >= 0.6 is 0 Å². The second-order valence-corrected chi connectivity index (χ2v) is 3.99. The van der Waals surface area contributed by atoms with E-state index < -0.39 is 11.6 Å². The van der Waals surface area contributed by atoms with E-state index in [1.807, 2.05) is 12.1 Å². The van der Waals surface area contributed by atoms with Crippen LogP contribution < -0.4 is 4.74 Å². The van der Waals surface area contributed by atoms with Crippen molar-refractivity contribution >= 4 is 0 Å². The van der Waals surface area contributed by atoms with E-state index in [-0.39, 0.29) is 5.56 Å². The largest absolute Gasteiger partial charge is 0.492 e. The molecule has 86 valence electrons. The van der Waals surface area contributed by atoms with Crippen molar-refractivity contribution in [1.82, 2.24) is 0 Å². The summed E-state index contributed by atoms with van der Waals surface area (Å²) < 4.78 is 32.4. The summed E-state index contributed by atoms with van der Waals surface area (Å²) in [4.78, 5) is 0. The average Bonchev–Trinajstić information content (AvgIpc) is 2.81. The zero-order chi connectivity index (χ0) is 11.8. The number of para-hydroxylation sites is 1. The first-order valence-corrected chi connectivity index (χ1v) is 5.46. The fourth-order valence-electron chi connectivity index (χ4n) is 2.14. The number of hydrogen-bond acceptors (Lipinski definition) is 1. The van der Waals surface area contributed by atoms with Gasteiger partial charge in [0.25, 0.3) is 0 Å². The van der Waals surface area contributed by atoms with Crippen molar-refractivity contribution in [2.45, 2.75) is 6.42 Å². The molecule has 0 aromatic heterocycles. The lowest BCUT2D eigenvalue weighted by atomic mass is 10.0. The summed E-state index contributed by atoms with van der Waals surface area (Å²) in [6.45, 7) is 0.600. The molecule has 1 heterocycles. The fourth-order valence-corrected chi connectivity index (χ4v) is 2.14. The number of ether oxygens (including phenoxy) is 1. The Hall–Kier alpha value is -1.90. The van der Waals surface area contributed by atoms with Crippen LogP contribution in [-0.4, -0.2) is 6.61 Å². The number of benzene rings is 2. The van der Waals surface area contributed by atoms with Crippen LogP contribution in [0.2, 0.25) is 0 Å². The van der Waals surface area contributed by atoms with E-state index >= 15 is 0 Å². The molecule has 1 aliphatic rings. The summed E-state index contributed by atoms with van der Waals surface area (Å²) in [6, 6.07) is 9.72. The molecule has 3 heteroatoms. The molecular weight excluding hydrogens is 222 g/mol. The Labute approximate surface area is 97.7 Å². The van der Waals surface area contributed by atoms with Crippen LogP contribution in [0.15, 0.2) is 36.4 Å². The van der Waals surface area contributed by atoms with Gasteiger partial charge < -0.3 is 4.74 Å². The first-order valence-electron chi connectivity index (χ1n) is 5.46. The summed E-state index contributed by atoms with van der Waals surface area (Å²) in [5, 5.41) is 0. The standard InChI is InChI=1S/C14H10F2O/c15-12-6-2-4-10(13(12)16)11-5-1-3-9-7-8-17-14(9)11/h1-6H,7-8H2. The van der Waals surface area contributed by atoms with Crippen molar-refractivity contribution in [3.63, 3.8) is 0 Å². The summed E-state index contributed by atoms with van der Waals surface area (Å²) >= 11 is 0. The van der Waals surface area contributed by atoms with Crippen LogP contribution in [0, 0.1) is 11.6 Å². The van der Waals surface area contributed by atoms with Crippen LogP contribution in [0.1, 0.15) is 5.56 Å². The van der Waals surface area contributed by atoms with E-state index in [1.54, 1.807) is 12.1 Å². The van der Waals surface area contributed by atoms with E-state index in [2.05, 4.69) is 0 Å². The van der Waals surface area contributed by atoms with Gasteiger partial charge in [-0.25, -0.2) is 8.78 Å². The van der Waals surface area contributed by atoms with Crippen LogP contribution in [0.5, 0.6) is 5.75 Å². The van der Waals surface area contributed by atoms with Crippen LogP contribution in [-0.2, 0) is 6.42 Å². The number of fused-ring (bicyclic) bond motifs is 1. The Balaban J connectivity index is 2.23. The van der Waals surface area contributed by atoms with Gasteiger partial charge in [0, 0.05) is 17.5 Å². The van der Waals surface area contributed by atoms with Gasteiger partial charge in [0.05, 0.1) is 6.61 Å². The molecule has 2 aromatic carbocycles. The van der Waals surface area contributed by atoms with E-state index in [1.165, 1.54) is 6.07 Å². The monoisotopic (exact) mass is 232 g/mol. The second-order valence-electron chi connectivity index (χ2n) is 3.99. The van der Waals surface area contributed by atoms with Gasteiger partial charge in [-0.3, -0.25) is 0 Å². The topological polar surface area (TPSA) is 9.23 Å². The highest BCUT2D eigenvalue weighted by atomic mass is 19.2. The minimum Gasteiger partial charge on any atom is -0.492 e. The van der Waals surface area contributed by atoms with Crippen molar-refractivity contribution in [3.8, 4) is 16.9 Å². The van der Waals surface area contributed by atoms with Crippen molar-refractivity contribution in [3.05, 3.63) is 53.6 Å². The molecule has 2 aromatic rings. The molecule has 0 amide bonds. The molecule has 0 aliphatic carbocycles. The van der Waals surface area contributed by atoms with Gasteiger partial charge in [-0.1, -0.05) is 30.3 Å². The van der Waals surface area contributed by atoms with Crippen molar-refractivity contribution < 1.29 is 13.5 Å².